The third kappa shape index (κ3) is 6.44. The highest BCUT2D eigenvalue weighted by Gasteiger charge is 2.18. The first-order valence-electron chi connectivity index (χ1n) is 7.04. The van der Waals surface area contributed by atoms with Crippen LogP contribution in [0, 0.1) is 5.92 Å². The molecular weight excluding hydrogens is 278 g/mol. The van der Waals surface area contributed by atoms with E-state index < -0.39 is 0 Å². The highest BCUT2D eigenvalue weighted by atomic mass is 79.9. The molecule has 0 aromatic heterocycles. The maximum absolute atomic E-state index is 12.0. The molecule has 0 saturated heterocycles. The zero-order valence-corrected chi connectivity index (χ0v) is 12.7. The second kappa shape index (κ2) is 8.96. The van der Waals surface area contributed by atoms with Crippen LogP contribution >= 0.6 is 15.9 Å². The number of rotatable bonds is 7. The van der Waals surface area contributed by atoms with E-state index in [0.29, 0.717) is 11.8 Å². The van der Waals surface area contributed by atoms with E-state index in [1.807, 2.05) is 11.9 Å². The Morgan fingerprint density at radius 3 is 2.53 bits per heavy atom. The van der Waals surface area contributed by atoms with E-state index in [0.717, 1.165) is 24.7 Å². The first-order valence-corrected chi connectivity index (χ1v) is 8.16. The van der Waals surface area contributed by atoms with Crippen molar-refractivity contribution in [3.8, 4) is 0 Å². The van der Waals surface area contributed by atoms with E-state index in [-0.39, 0.29) is 0 Å². The molecule has 0 aliphatic heterocycles. The second-order valence-electron chi connectivity index (χ2n) is 5.27. The van der Waals surface area contributed by atoms with E-state index in [2.05, 4.69) is 15.9 Å². The first kappa shape index (κ1) is 15.0. The molecule has 1 aliphatic carbocycles. The second-order valence-corrected chi connectivity index (χ2v) is 6.07. The SMILES string of the molecule is CN(CCCCCBr)C(=O)CC1CCCCC1. The molecule has 0 aromatic carbocycles. The van der Waals surface area contributed by atoms with Crippen molar-refractivity contribution >= 4 is 21.8 Å². The highest BCUT2D eigenvalue weighted by molar-refractivity contribution is 9.09. The van der Waals surface area contributed by atoms with Crippen molar-refractivity contribution in [2.45, 2.75) is 57.8 Å². The van der Waals surface area contributed by atoms with E-state index >= 15 is 0 Å². The summed E-state index contributed by atoms with van der Waals surface area (Å²) in [7, 11) is 1.96. The summed E-state index contributed by atoms with van der Waals surface area (Å²) >= 11 is 3.43. The van der Waals surface area contributed by atoms with Crippen molar-refractivity contribution in [2.24, 2.45) is 5.92 Å². The quantitative estimate of drug-likeness (QED) is 0.514. The number of halogens is 1. The Balaban J connectivity index is 2.12. The fourth-order valence-electron chi connectivity index (χ4n) is 2.54. The van der Waals surface area contributed by atoms with Crippen LogP contribution in [0.1, 0.15) is 57.8 Å². The molecule has 0 unspecified atom stereocenters. The number of amides is 1. The molecule has 0 spiro atoms. The van der Waals surface area contributed by atoms with Gasteiger partial charge in [0.2, 0.25) is 5.91 Å². The van der Waals surface area contributed by atoms with Gasteiger partial charge < -0.3 is 4.90 Å². The molecule has 0 aromatic rings. The predicted molar refractivity (Wildman–Crippen MR) is 76.5 cm³/mol. The fourth-order valence-corrected chi connectivity index (χ4v) is 2.94. The summed E-state index contributed by atoms with van der Waals surface area (Å²) in [6.07, 6.45) is 10.9. The number of unbranched alkanes of at least 4 members (excludes halogenated alkanes) is 2. The molecule has 3 heteroatoms. The molecule has 0 heterocycles. The molecule has 1 fully saturated rings. The zero-order valence-electron chi connectivity index (χ0n) is 11.1. The van der Waals surface area contributed by atoms with E-state index in [1.54, 1.807) is 0 Å². The molecule has 17 heavy (non-hydrogen) atoms. The Hall–Kier alpha value is -0.0500. The predicted octanol–water partition coefficient (Wildman–Crippen LogP) is 3.98. The number of alkyl halides is 1. The van der Waals surface area contributed by atoms with Gasteiger partial charge in [-0.2, -0.15) is 0 Å². The number of hydrogen-bond acceptors (Lipinski definition) is 1. The van der Waals surface area contributed by atoms with E-state index in [4.69, 9.17) is 0 Å². The lowest BCUT2D eigenvalue weighted by molar-refractivity contribution is -0.131. The van der Waals surface area contributed by atoms with Crippen molar-refractivity contribution < 1.29 is 4.79 Å². The average Bonchev–Trinajstić information content (AvgIpc) is 2.35. The molecule has 0 radical (unpaired) electrons. The Morgan fingerprint density at radius 2 is 1.88 bits per heavy atom. The van der Waals surface area contributed by atoms with Gasteiger partial charge in [0, 0.05) is 25.3 Å². The summed E-state index contributed by atoms with van der Waals surface area (Å²) in [4.78, 5) is 13.9. The highest BCUT2D eigenvalue weighted by Crippen LogP contribution is 2.26. The molecule has 0 atom stereocenters. The average molecular weight is 304 g/mol. The number of carbonyl (C=O) groups excluding carboxylic acids is 1. The molecule has 0 bridgehead atoms. The lowest BCUT2D eigenvalue weighted by Gasteiger charge is -2.24. The number of hydrogen-bond donors (Lipinski definition) is 0. The van der Waals surface area contributed by atoms with Crippen LogP contribution in [0.4, 0.5) is 0 Å². The maximum Gasteiger partial charge on any atom is 0.222 e. The van der Waals surface area contributed by atoms with Gasteiger partial charge in [-0.3, -0.25) is 4.79 Å². The van der Waals surface area contributed by atoms with Gasteiger partial charge in [0.25, 0.3) is 0 Å². The van der Waals surface area contributed by atoms with Crippen LogP contribution in [0.5, 0.6) is 0 Å². The lowest BCUT2D eigenvalue weighted by Crippen LogP contribution is -2.29. The smallest absolute Gasteiger partial charge is 0.222 e. The molecule has 1 aliphatic rings. The van der Waals surface area contributed by atoms with Gasteiger partial charge in [0.15, 0.2) is 0 Å². The van der Waals surface area contributed by atoms with Crippen molar-refractivity contribution in [1.82, 2.24) is 4.90 Å². The molecule has 2 nitrogen and oxygen atoms in total. The Labute approximate surface area is 114 Å². The van der Waals surface area contributed by atoms with Gasteiger partial charge in [-0.1, -0.05) is 41.6 Å². The molecule has 0 N–H and O–H groups in total. The third-order valence-corrected chi connectivity index (χ3v) is 4.30. The van der Waals surface area contributed by atoms with Gasteiger partial charge in [-0.15, -0.1) is 0 Å². The van der Waals surface area contributed by atoms with Gasteiger partial charge in [0.05, 0.1) is 0 Å². The number of nitrogens with zero attached hydrogens (tertiary/aromatic N) is 1. The van der Waals surface area contributed by atoms with Crippen LogP contribution in [-0.2, 0) is 4.79 Å². The lowest BCUT2D eigenvalue weighted by atomic mass is 9.87. The summed E-state index contributed by atoms with van der Waals surface area (Å²) in [5.41, 5.74) is 0. The first-order chi connectivity index (χ1) is 8.24. The summed E-state index contributed by atoms with van der Waals surface area (Å²) in [5.74, 6) is 1.02. The fraction of sp³-hybridized carbons (Fsp3) is 0.929. The molecule has 1 rings (SSSR count). The minimum atomic E-state index is 0.357. The van der Waals surface area contributed by atoms with Gasteiger partial charge in [-0.25, -0.2) is 0 Å². The van der Waals surface area contributed by atoms with Gasteiger partial charge in [0.1, 0.15) is 0 Å². The van der Waals surface area contributed by atoms with Crippen LogP contribution in [0.3, 0.4) is 0 Å². The number of carbonyl (C=O) groups is 1. The molecule has 1 saturated carbocycles. The van der Waals surface area contributed by atoms with Gasteiger partial charge >= 0.3 is 0 Å². The van der Waals surface area contributed by atoms with Crippen molar-refractivity contribution in [2.75, 3.05) is 18.9 Å². The Kier molecular flexibility index (Phi) is 7.91. The van der Waals surface area contributed by atoms with Crippen LogP contribution in [0.2, 0.25) is 0 Å². The standard InChI is InChI=1S/C14H26BrNO/c1-16(11-7-3-6-10-15)14(17)12-13-8-4-2-5-9-13/h13H,2-12H2,1H3. The van der Waals surface area contributed by atoms with Crippen LogP contribution in [0.25, 0.3) is 0 Å². The normalized spacial score (nSPS) is 17.1. The topological polar surface area (TPSA) is 20.3 Å². The van der Waals surface area contributed by atoms with Crippen molar-refractivity contribution in [3.63, 3.8) is 0 Å². The zero-order chi connectivity index (χ0) is 12.5. The summed E-state index contributed by atoms with van der Waals surface area (Å²) < 4.78 is 0. The largest absolute Gasteiger partial charge is 0.346 e. The molecule has 100 valence electrons. The summed E-state index contributed by atoms with van der Waals surface area (Å²) in [5, 5.41) is 1.08. The minimum absolute atomic E-state index is 0.357. The Bertz CT molecular complexity index is 214. The van der Waals surface area contributed by atoms with Crippen LogP contribution in [0.15, 0.2) is 0 Å². The summed E-state index contributed by atoms with van der Waals surface area (Å²) in [6.45, 7) is 0.929. The summed E-state index contributed by atoms with van der Waals surface area (Å²) in [6, 6.07) is 0. The Morgan fingerprint density at radius 1 is 1.18 bits per heavy atom. The monoisotopic (exact) mass is 303 g/mol. The van der Waals surface area contributed by atoms with E-state index in [9.17, 15) is 4.79 Å². The van der Waals surface area contributed by atoms with Crippen LogP contribution < -0.4 is 0 Å². The molecule has 1 amide bonds. The van der Waals surface area contributed by atoms with Gasteiger partial charge in [-0.05, 0) is 31.6 Å². The minimum Gasteiger partial charge on any atom is -0.346 e. The van der Waals surface area contributed by atoms with E-state index in [1.165, 1.54) is 44.9 Å². The van der Waals surface area contributed by atoms with Crippen LogP contribution in [-0.4, -0.2) is 29.7 Å². The van der Waals surface area contributed by atoms with Crippen molar-refractivity contribution in [1.29, 1.82) is 0 Å². The molecular formula is C14H26BrNO. The van der Waals surface area contributed by atoms with Crippen molar-refractivity contribution in [3.05, 3.63) is 0 Å². The maximum atomic E-state index is 12.0. The third-order valence-electron chi connectivity index (χ3n) is 3.74.